The molecule has 18 heavy (non-hydrogen) atoms. The SMILES string of the molecule is NC(=O)C1CC(=O)N(c2nnc(C(F)(F)F)o2)C1. The Kier molecular flexibility index (Phi) is 2.71. The molecule has 2 heterocycles. The molecule has 0 spiro atoms. The molecule has 1 fully saturated rings. The number of carbonyl (C=O) groups excluding carboxylic acids is 2. The normalized spacial score (nSPS) is 20.5. The van der Waals surface area contributed by atoms with Crippen molar-refractivity contribution in [2.45, 2.75) is 12.6 Å². The van der Waals surface area contributed by atoms with Gasteiger partial charge in [0.05, 0.1) is 5.92 Å². The van der Waals surface area contributed by atoms with Gasteiger partial charge in [-0.15, -0.1) is 5.10 Å². The van der Waals surface area contributed by atoms with Crippen molar-refractivity contribution in [1.82, 2.24) is 10.2 Å². The summed E-state index contributed by atoms with van der Waals surface area (Å²) in [6.45, 7) is -0.159. The maximum atomic E-state index is 12.2. The van der Waals surface area contributed by atoms with Crippen LogP contribution in [0, 0.1) is 5.92 Å². The number of nitrogens with two attached hydrogens (primary N) is 1. The van der Waals surface area contributed by atoms with Crippen LogP contribution in [0.4, 0.5) is 19.2 Å². The lowest BCUT2D eigenvalue weighted by atomic mass is 10.1. The number of alkyl halides is 3. The Morgan fingerprint density at radius 1 is 1.44 bits per heavy atom. The van der Waals surface area contributed by atoms with Gasteiger partial charge in [-0.25, -0.2) is 0 Å². The standard InChI is InChI=1S/C8H7F3N4O3/c9-8(10,11)6-13-14-7(18-6)15-2-3(5(12)17)1-4(15)16/h3H,1-2H2,(H2,12,17). The van der Waals surface area contributed by atoms with E-state index in [2.05, 4.69) is 14.6 Å². The van der Waals surface area contributed by atoms with Crippen LogP contribution >= 0.6 is 0 Å². The van der Waals surface area contributed by atoms with Gasteiger partial charge < -0.3 is 10.2 Å². The van der Waals surface area contributed by atoms with Gasteiger partial charge in [0.25, 0.3) is 0 Å². The Morgan fingerprint density at radius 2 is 2.11 bits per heavy atom. The van der Waals surface area contributed by atoms with Crippen LogP contribution in [0.2, 0.25) is 0 Å². The van der Waals surface area contributed by atoms with Gasteiger partial charge in [-0.3, -0.25) is 14.5 Å². The van der Waals surface area contributed by atoms with E-state index in [-0.39, 0.29) is 13.0 Å². The van der Waals surface area contributed by atoms with Crippen LogP contribution in [0.3, 0.4) is 0 Å². The van der Waals surface area contributed by atoms with E-state index in [4.69, 9.17) is 5.73 Å². The van der Waals surface area contributed by atoms with E-state index >= 15 is 0 Å². The second-order valence-electron chi connectivity index (χ2n) is 3.70. The molecule has 1 aromatic heterocycles. The number of nitrogens with zero attached hydrogens (tertiary/aromatic N) is 3. The number of rotatable bonds is 2. The van der Waals surface area contributed by atoms with Gasteiger partial charge >= 0.3 is 18.1 Å². The number of amides is 2. The zero-order valence-corrected chi connectivity index (χ0v) is 8.77. The molecule has 0 radical (unpaired) electrons. The molecule has 0 saturated carbocycles. The van der Waals surface area contributed by atoms with E-state index in [9.17, 15) is 22.8 Å². The summed E-state index contributed by atoms with van der Waals surface area (Å²) in [6.07, 6.45) is -4.96. The average Bonchev–Trinajstić information content (AvgIpc) is 2.81. The van der Waals surface area contributed by atoms with Crippen molar-refractivity contribution in [3.05, 3.63) is 5.89 Å². The fourth-order valence-electron chi connectivity index (χ4n) is 1.52. The number of primary amides is 1. The molecule has 2 amide bonds. The lowest BCUT2D eigenvalue weighted by molar-refractivity contribution is -0.157. The Morgan fingerprint density at radius 3 is 2.56 bits per heavy atom. The van der Waals surface area contributed by atoms with Crippen molar-refractivity contribution >= 4 is 17.8 Å². The maximum Gasteiger partial charge on any atom is 0.470 e. The molecule has 1 saturated heterocycles. The highest BCUT2D eigenvalue weighted by Crippen LogP contribution is 2.31. The molecule has 0 aliphatic carbocycles. The molecule has 2 N–H and O–H groups in total. The molecule has 98 valence electrons. The van der Waals surface area contributed by atoms with Crippen LogP contribution in [0.5, 0.6) is 0 Å². The minimum absolute atomic E-state index is 0.159. The fraction of sp³-hybridized carbons (Fsp3) is 0.500. The van der Waals surface area contributed by atoms with Gasteiger partial charge in [-0.05, 0) is 0 Å². The number of halogens is 3. The lowest BCUT2D eigenvalue weighted by Crippen LogP contribution is -2.28. The summed E-state index contributed by atoms with van der Waals surface area (Å²) in [7, 11) is 0. The first-order valence-corrected chi connectivity index (χ1v) is 4.79. The van der Waals surface area contributed by atoms with Crippen molar-refractivity contribution in [3.63, 3.8) is 0 Å². The van der Waals surface area contributed by atoms with Crippen LogP contribution in [0.25, 0.3) is 0 Å². The smallest absolute Gasteiger partial charge is 0.399 e. The molecule has 2 rings (SSSR count). The van der Waals surface area contributed by atoms with Crippen molar-refractivity contribution in [1.29, 1.82) is 0 Å². The molecular formula is C8H7F3N4O3. The Hall–Kier alpha value is -2.13. The van der Waals surface area contributed by atoms with Gasteiger partial charge in [0.2, 0.25) is 11.8 Å². The molecule has 1 aromatic rings. The highest BCUT2D eigenvalue weighted by Gasteiger charge is 2.41. The first kappa shape index (κ1) is 12.3. The first-order chi connectivity index (χ1) is 8.29. The average molecular weight is 264 g/mol. The van der Waals surface area contributed by atoms with E-state index in [0.717, 1.165) is 4.90 Å². The zero-order chi connectivity index (χ0) is 13.5. The number of hydrogen-bond acceptors (Lipinski definition) is 5. The molecule has 1 atom stereocenters. The fourth-order valence-corrected chi connectivity index (χ4v) is 1.52. The number of hydrogen-bond donors (Lipinski definition) is 1. The highest BCUT2D eigenvalue weighted by atomic mass is 19.4. The van der Waals surface area contributed by atoms with Crippen LogP contribution < -0.4 is 10.6 Å². The van der Waals surface area contributed by atoms with Crippen LogP contribution in [-0.4, -0.2) is 28.6 Å². The van der Waals surface area contributed by atoms with Crippen molar-refractivity contribution in [3.8, 4) is 0 Å². The van der Waals surface area contributed by atoms with E-state index in [1.54, 1.807) is 0 Å². The van der Waals surface area contributed by atoms with Crippen molar-refractivity contribution in [2.24, 2.45) is 11.7 Å². The van der Waals surface area contributed by atoms with Gasteiger partial charge in [0.1, 0.15) is 0 Å². The summed E-state index contributed by atoms with van der Waals surface area (Å²) in [5.41, 5.74) is 5.01. The largest absolute Gasteiger partial charge is 0.470 e. The molecule has 1 unspecified atom stereocenters. The van der Waals surface area contributed by atoms with Gasteiger partial charge in [-0.1, -0.05) is 5.10 Å². The lowest BCUT2D eigenvalue weighted by Gasteiger charge is -2.09. The van der Waals surface area contributed by atoms with Gasteiger partial charge in [0.15, 0.2) is 0 Å². The molecule has 1 aliphatic rings. The third-order valence-corrected chi connectivity index (χ3v) is 2.42. The summed E-state index contributed by atoms with van der Waals surface area (Å²) in [6, 6.07) is -0.587. The quantitative estimate of drug-likeness (QED) is 0.805. The van der Waals surface area contributed by atoms with Crippen LogP contribution in [0.15, 0.2) is 4.42 Å². The second-order valence-corrected chi connectivity index (χ2v) is 3.70. The van der Waals surface area contributed by atoms with Gasteiger partial charge in [-0.2, -0.15) is 13.2 Å². The van der Waals surface area contributed by atoms with E-state index < -0.39 is 35.8 Å². The minimum atomic E-state index is -4.78. The highest BCUT2D eigenvalue weighted by molar-refractivity contribution is 5.98. The number of anilines is 1. The molecule has 7 nitrogen and oxygen atoms in total. The van der Waals surface area contributed by atoms with Crippen LogP contribution in [0.1, 0.15) is 12.3 Å². The summed E-state index contributed by atoms with van der Waals surface area (Å²) in [4.78, 5) is 23.2. The summed E-state index contributed by atoms with van der Waals surface area (Å²) in [5.74, 6) is -3.61. The molecule has 0 aromatic carbocycles. The maximum absolute atomic E-state index is 12.2. The molecule has 1 aliphatic heterocycles. The minimum Gasteiger partial charge on any atom is -0.399 e. The molecular weight excluding hydrogens is 257 g/mol. The Labute approximate surface area is 97.7 Å². The number of carbonyl (C=O) groups is 2. The van der Waals surface area contributed by atoms with E-state index in [0.29, 0.717) is 0 Å². The monoisotopic (exact) mass is 264 g/mol. The third kappa shape index (κ3) is 2.13. The number of aromatic nitrogens is 2. The predicted molar refractivity (Wildman–Crippen MR) is 49.0 cm³/mol. The Bertz CT molecular complexity index is 498. The van der Waals surface area contributed by atoms with Crippen LogP contribution in [-0.2, 0) is 15.8 Å². The first-order valence-electron chi connectivity index (χ1n) is 4.79. The third-order valence-electron chi connectivity index (χ3n) is 2.42. The predicted octanol–water partition coefficient (Wildman–Crippen LogP) is -0.0734. The molecule has 10 heteroatoms. The van der Waals surface area contributed by atoms with Crippen molar-refractivity contribution < 1.29 is 27.2 Å². The topological polar surface area (TPSA) is 102 Å². The van der Waals surface area contributed by atoms with Crippen molar-refractivity contribution in [2.75, 3.05) is 11.4 Å². The summed E-state index contributed by atoms with van der Waals surface area (Å²) < 4.78 is 41.0. The molecule has 0 bridgehead atoms. The summed E-state index contributed by atoms with van der Waals surface area (Å²) >= 11 is 0. The van der Waals surface area contributed by atoms with E-state index in [1.807, 2.05) is 0 Å². The Balaban J connectivity index is 2.20. The second kappa shape index (κ2) is 3.96. The van der Waals surface area contributed by atoms with E-state index in [1.165, 1.54) is 0 Å². The van der Waals surface area contributed by atoms with Gasteiger partial charge in [0, 0.05) is 13.0 Å². The zero-order valence-electron chi connectivity index (χ0n) is 8.77. The summed E-state index contributed by atoms with van der Waals surface area (Å²) in [5, 5.41) is 5.91.